The normalized spacial score (nSPS) is 17.3. The lowest BCUT2D eigenvalue weighted by Crippen LogP contribution is -2.56. The number of hydrogen-bond donors (Lipinski definition) is 0. The van der Waals surface area contributed by atoms with Crippen molar-refractivity contribution >= 4 is 11.9 Å². The molecular weight excluding hydrogens is 330 g/mol. The monoisotopic (exact) mass is 354 g/mol. The summed E-state index contributed by atoms with van der Waals surface area (Å²) in [6.07, 6.45) is 2.87. The number of esters is 2. The van der Waals surface area contributed by atoms with Crippen LogP contribution in [0.15, 0.2) is 48.7 Å². The van der Waals surface area contributed by atoms with E-state index in [9.17, 15) is 9.59 Å². The number of carbonyl (C=O) groups excluding carboxylic acids is 2. The van der Waals surface area contributed by atoms with Gasteiger partial charge in [0.15, 0.2) is 6.20 Å². The van der Waals surface area contributed by atoms with E-state index in [1.165, 1.54) is 0 Å². The van der Waals surface area contributed by atoms with Crippen molar-refractivity contribution in [2.45, 2.75) is 38.6 Å². The Balaban J connectivity index is 2.07. The van der Waals surface area contributed by atoms with Gasteiger partial charge in [-0.15, -0.1) is 0 Å². The molecule has 2 heterocycles. The minimum absolute atomic E-state index is 0.180. The summed E-state index contributed by atoms with van der Waals surface area (Å²) < 4.78 is 12.5. The summed E-state index contributed by atoms with van der Waals surface area (Å²) in [7, 11) is 0. The molecule has 0 fully saturated rings. The highest BCUT2D eigenvalue weighted by Gasteiger charge is 2.52. The lowest BCUT2D eigenvalue weighted by Gasteiger charge is -2.24. The molecule has 1 aliphatic rings. The molecule has 0 radical (unpaired) electrons. The van der Waals surface area contributed by atoms with Gasteiger partial charge >= 0.3 is 11.9 Å². The van der Waals surface area contributed by atoms with Gasteiger partial charge in [0.05, 0.1) is 25.2 Å². The van der Waals surface area contributed by atoms with Crippen molar-refractivity contribution in [1.29, 1.82) is 0 Å². The van der Waals surface area contributed by atoms with E-state index < -0.39 is 5.54 Å². The molecule has 0 N–H and O–H groups in total. The number of carbonyl (C=O) groups is 2. The Morgan fingerprint density at radius 3 is 2.42 bits per heavy atom. The predicted molar refractivity (Wildman–Crippen MR) is 96.3 cm³/mol. The highest BCUT2D eigenvalue weighted by molar-refractivity contribution is 5.75. The standard InChI is InChI=1S/C21H24NO4/c1-3-25-19(23)12-13-21(15-20(24)26-4-2)17-10-6-5-9-16(17)18-11-7-8-14-22(18)21/h5-11,14H,3-4,12-13,15H2,1-2H3/q+1. The number of ether oxygens (including phenoxy) is 2. The smallest absolute Gasteiger partial charge is 0.313 e. The molecular formula is C21H24NO4+. The van der Waals surface area contributed by atoms with Crippen molar-refractivity contribution in [3.63, 3.8) is 0 Å². The number of pyridine rings is 1. The van der Waals surface area contributed by atoms with Crippen LogP contribution in [0.4, 0.5) is 0 Å². The van der Waals surface area contributed by atoms with Gasteiger partial charge < -0.3 is 9.47 Å². The number of hydrogen-bond acceptors (Lipinski definition) is 4. The van der Waals surface area contributed by atoms with Gasteiger partial charge in [-0.3, -0.25) is 9.59 Å². The number of nitrogens with zero attached hydrogens (tertiary/aromatic N) is 1. The molecule has 1 unspecified atom stereocenters. The lowest BCUT2D eigenvalue weighted by molar-refractivity contribution is -0.739. The molecule has 3 rings (SSSR count). The highest BCUT2D eigenvalue weighted by Crippen LogP contribution is 2.42. The molecule has 0 saturated carbocycles. The molecule has 0 spiro atoms. The van der Waals surface area contributed by atoms with Gasteiger partial charge in [-0.2, -0.15) is 4.57 Å². The SMILES string of the molecule is CCOC(=O)CCC1(CC(=O)OCC)c2ccccc2-c2cccc[n+]21. The van der Waals surface area contributed by atoms with Crippen LogP contribution in [0.2, 0.25) is 0 Å². The number of fused-ring (bicyclic) bond motifs is 3. The van der Waals surface area contributed by atoms with E-state index in [0.29, 0.717) is 19.6 Å². The molecule has 0 saturated heterocycles. The summed E-state index contributed by atoms with van der Waals surface area (Å²) in [6, 6.07) is 14.0. The Morgan fingerprint density at radius 1 is 0.962 bits per heavy atom. The van der Waals surface area contributed by atoms with Gasteiger partial charge in [0.2, 0.25) is 11.2 Å². The topological polar surface area (TPSA) is 56.5 Å². The van der Waals surface area contributed by atoms with Gasteiger partial charge in [-0.05, 0) is 26.0 Å². The summed E-state index contributed by atoms with van der Waals surface area (Å²) in [5, 5.41) is 0. The first-order chi connectivity index (χ1) is 12.6. The molecule has 5 heteroatoms. The van der Waals surface area contributed by atoms with Crippen molar-refractivity contribution in [1.82, 2.24) is 0 Å². The average Bonchev–Trinajstić information content (AvgIpc) is 2.92. The summed E-state index contributed by atoms with van der Waals surface area (Å²) in [5.74, 6) is -0.520. The fourth-order valence-corrected chi connectivity index (χ4v) is 3.79. The molecule has 1 aliphatic heterocycles. The first-order valence-corrected chi connectivity index (χ1v) is 9.04. The lowest BCUT2D eigenvalue weighted by atomic mass is 9.82. The van der Waals surface area contributed by atoms with E-state index in [1.54, 1.807) is 13.8 Å². The number of benzene rings is 1. The van der Waals surface area contributed by atoms with Crippen LogP contribution >= 0.6 is 0 Å². The first-order valence-electron chi connectivity index (χ1n) is 9.04. The van der Waals surface area contributed by atoms with Crippen molar-refractivity contribution in [2.24, 2.45) is 0 Å². The summed E-state index contributed by atoms with van der Waals surface area (Å²) >= 11 is 0. The molecule has 5 nitrogen and oxygen atoms in total. The fourth-order valence-electron chi connectivity index (χ4n) is 3.79. The fraction of sp³-hybridized carbons (Fsp3) is 0.381. The largest absolute Gasteiger partial charge is 0.466 e. The van der Waals surface area contributed by atoms with Crippen LogP contribution in [0.1, 0.15) is 38.7 Å². The molecule has 1 atom stereocenters. The first kappa shape index (κ1) is 18.1. The Labute approximate surface area is 153 Å². The van der Waals surface area contributed by atoms with Gasteiger partial charge in [0.1, 0.15) is 6.42 Å². The van der Waals surface area contributed by atoms with Crippen LogP contribution in [0.3, 0.4) is 0 Å². The van der Waals surface area contributed by atoms with Crippen LogP contribution in [-0.2, 0) is 24.6 Å². The van der Waals surface area contributed by atoms with E-state index in [2.05, 4.69) is 10.6 Å². The Morgan fingerprint density at radius 2 is 1.65 bits per heavy atom. The van der Waals surface area contributed by atoms with Crippen LogP contribution in [-0.4, -0.2) is 25.2 Å². The molecule has 1 aromatic carbocycles. The van der Waals surface area contributed by atoms with Crippen molar-refractivity contribution in [3.05, 3.63) is 54.2 Å². The van der Waals surface area contributed by atoms with Crippen LogP contribution in [0.5, 0.6) is 0 Å². The number of aromatic nitrogens is 1. The summed E-state index contributed by atoms with van der Waals surface area (Å²) in [6.45, 7) is 4.28. The minimum atomic E-state index is -0.647. The molecule has 136 valence electrons. The third-order valence-corrected chi connectivity index (χ3v) is 4.82. The Kier molecular flexibility index (Phi) is 5.35. The van der Waals surface area contributed by atoms with Crippen molar-refractivity contribution in [3.8, 4) is 11.3 Å². The molecule has 1 aromatic heterocycles. The Hall–Kier alpha value is -2.69. The van der Waals surface area contributed by atoms with Crippen molar-refractivity contribution in [2.75, 3.05) is 13.2 Å². The van der Waals surface area contributed by atoms with E-state index in [1.807, 2.05) is 42.6 Å². The number of rotatable bonds is 7. The van der Waals surface area contributed by atoms with Crippen LogP contribution in [0.25, 0.3) is 11.3 Å². The van der Waals surface area contributed by atoms with Gasteiger partial charge in [0.25, 0.3) is 0 Å². The predicted octanol–water partition coefficient (Wildman–Crippen LogP) is 2.99. The Bertz CT molecular complexity index is 770. The van der Waals surface area contributed by atoms with E-state index in [4.69, 9.17) is 9.47 Å². The molecule has 0 amide bonds. The molecule has 26 heavy (non-hydrogen) atoms. The average molecular weight is 354 g/mol. The second-order valence-corrected chi connectivity index (χ2v) is 6.32. The molecule has 0 aliphatic carbocycles. The van der Waals surface area contributed by atoms with Gasteiger partial charge in [0, 0.05) is 24.1 Å². The summed E-state index contributed by atoms with van der Waals surface area (Å²) in [4.78, 5) is 24.5. The van der Waals surface area contributed by atoms with Gasteiger partial charge in [-0.1, -0.05) is 18.2 Å². The van der Waals surface area contributed by atoms with Crippen molar-refractivity contribution < 1.29 is 23.6 Å². The maximum atomic E-state index is 12.4. The van der Waals surface area contributed by atoms with E-state index in [-0.39, 0.29) is 24.8 Å². The quantitative estimate of drug-likeness (QED) is 0.567. The molecule has 2 aromatic rings. The highest BCUT2D eigenvalue weighted by atomic mass is 16.5. The molecule has 0 bridgehead atoms. The van der Waals surface area contributed by atoms with E-state index in [0.717, 1.165) is 16.8 Å². The third kappa shape index (κ3) is 3.21. The second-order valence-electron chi connectivity index (χ2n) is 6.32. The van der Waals surface area contributed by atoms with Crippen LogP contribution < -0.4 is 4.57 Å². The third-order valence-electron chi connectivity index (χ3n) is 4.82. The maximum Gasteiger partial charge on any atom is 0.313 e. The van der Waals surface area contributed by atoms with E-state index >= 15 is 0 Å². The zero-order valence-electron chi connectivity index (χ0n) is 15.2. The maximum absolute atomic E-state index is 12.4. The second kappa shape index (κ2) is 7.68. The zero-order chi connectivity index (χ0) is 18.6. The van der Waals surface area contributed by atoms with Crippen LogP contribution in [0, 0.1) is 0 Å². The summed E-state index contributed by atoms with van der Waals surface area (Å²) in [5.41, 5.74) is 2.52. The minimum Gasteiger partial charge on any atom is -0.466 e. The zero-order valence-corrected chi connectivity index (χ0v) is 15.2. The van der Waals surface area contributed by atoms with Gasteiger partial charge in [-0.25, -0.2) is 0 Å².